The summed E-state index contributed by atoms with van der Waals surface area (Å²) < 4.78 is 7.49. The Bertz CT molecular complexity index is 2160. The van der Waals surface area contributed by atoms with E-state index >= 15 is 0 Å². The van der Waals surface area contributed by atoms with E-state index in [1.165, 1.54) is 5.56 Å². The number of nitrogens with zero attached hydrogens (tertiary/aromatic N) is 5. The number of hydrogen-bond donors (Lipinski definition) is 4. The molecule has 0 radical (unpaired) electrons. The fraction of sp³-hybridized carbons (Fsp3) is 0.381. The van der Waals surface area contributed by atoms with Crippen LogP contribution >= 0.6 is 0 Å². The number of anilines is 1. The molecule has 12 heteroatoms. The Balaban J connectivity index is 1.01. The molecule has 1 unspecified atom stereocenters. The van der Waals surface area contributed by atoms with E-state index in [9.17, 15) is 9.59 Å². The number of aryl methyl sites for hydroxylation is 2. The summed E-state index contributed by atoms with van der Waals surface area (Å²) in [7, 11) is 0. The first kappa shape index (κ1) is 36.9. The number of amides is 2. The van der Waals surface area contributed by atoms with Crippen molar-refractivity contribution >= 4 is 34.2 Å². The number of rotatable bonds is 13. The summed E-state index contributed by atoms with van der Waals surface area (Å²) in [5.74, 6) is -0.735. The number of carbonyl (C=O) groups excluding carboxylic acids is 2. The highest BCUT2D eigenvalue weighted by Crippen LogP contribution is 2.31. The van der Waals surface area contributed by atoms with Crippen molar-refractivity contribution in [2.24, 2.45) is 0 Å². The van der Waals surface area contributed by atoms with E-state index in [1.54, 1.807) is 18.2 Å². The summed E-state index contributed by atoms with van der Waals surface area (Å²) >= 11 is 0. The standard InChI is InChI=1S/C42H49N9O3/c1-4-36-34(39(47-33-15-17-54-18-16-33)35-24-46-51(5-2)40(35)49-36)23-45-42(53)38-14-8-13-37(48-38)41(52)44-22-28-9-6-11-30(20-28)31-12-7-10-29(21-31)25-50-26-32(43)19-27(50)3/h6-14,20-21,24,27,33,43H,4-5,15-19,22-23,25-26H2,1-3H3,(H,44,52)(H,45,53)(H,47,49). The van der Waals surface area contributed by atoms with Crippen LogP contribution in [0.2, 0.25) is 0 Å². The van der Waals surface area contributed by atoms with Crippen LogP contribution in [0.1, 0.15) is 83.4 Å². The zero-order valence-corrected chi connectivity index (χ0v) is 31.3. The van der Waals surface area contributed by atoms with Gasteiger partial charge in [-0.1, -0.05) is 49.4 Å². The Morgan fingerprint density at radius 3 is 2.22 bits per heavy atom. The summed E-state index contributed by atoms with van der Waals surface area (Å²) in [5.41, 5.74) is 9.04. The highest BCUT2D eigenvalue weighted by Gasteiger charge is 2.25. The largest absolute Gasteiger partial charge is 0.381 e. The minimum atomic E-state index is -0.375. The quantitative estimate of drug-likeness (QED) is 0.113. The van der Waals surface area contributed by atoms with Crippen LogP contribution in [0.3, 0.4) is 0 Å². The summed E-state index contributed by atoms with van der Waals surface area (Å²) in [6, 6.07) is 22.2. The number of carbonyl (C=O) groups is 2. The normalized spacial score (nSPS) is 16.5. The van der Waals surface area contributed by atoms with Crippen LogP contribution in [0.15, 0.2) is 72.9 Å². The average Bonchev–Trinajstić information content (AvgIpc) is 3.77. The smallest absolute Gasteiger partial charge is 0.270 e. The van der Waals surface area contributed by atoms with Crippen molar-refractivity contribution in [2.75, 3.05) is 25.1 Å². The van der Waals surface area contributed by atoms with Crippen LogP contribution in [0.4, 0.5) is 5.69 Å². The first-order valence-electron chi connectivity index (χ1n) is 19.0. The molecule has 2 aliphatic rings. The van der Waals surface area contributed by atoms with Gasteiger partial charge in [0.1, 0.15) is 11.4 Å². The van der Waals surface area contributed by atoms with Crippen molar-refractivity contribution < 1.29 is 14.3 Å². The molecule has 3 aromatic heterocycles. The fourth-order valence-corrected chi connectivity index (χ4v) is 7.43. The van der Waals surface area contributed by atoms with E-state index in [-0.39, 0.29) is 35.8 Å². The molecule has 2 aromatic carbocycles. The summed E-state index contributed by atoms with van der Waals surface area (Å²) in [4.78, 5) is 38.6. The number of aromatic nitrogens is 4. The van der Waals surface area contributed by atoms with E-state index in [4.69, 9.17) is 15.1 Å². The van der Waals surface area contributed by atoms with E-state index in [0.29, 0.717) is 38.8 Å². The van der Waals surface area contributed by atoms with E-state index in [0.717, 1.165) is 82.7 Å². The van der Waals surface area contributed by atoms with Crippen LogP contribution in [0, 0.1) is 5.41 Å². The maximum absolute atomic E-state index is 13.5. The first-order valence-corrected chi connectivity index (χ1v) is 19.0. The summed E-state index contributed by atoms with van der Waals surface area (Å²) in [6.07, 6.45) is 5.15. The summed E-state index contributed by atoms with van der Waals surface area (Å²) in [5, 5.41) is 23.3. The number of benzene rings is 2. The van der Waals surface area contributed by atoms with E-state index in [2.05, 4.69) is 81.2 Å². The van der Waals surface area contributed by atoms with Gasteiger partial charge in [-0.25, -0.2) is 14.6 Å². The van der Waals surface area contributed by atoms with Gasteiger partial charge in [-0.15, -0.1) is 0 Å². The Labute approximate surface area is 316 Å². The third-order valence-corrected chi connectivity index (χ3v) is 10.4. The van der Waals surface area contributed by atoms with E-state index < -0.39 is 0 Å². The molecular formula is C42H49N9O3. The van der Waals surface area contributed by atoms with Gasteiger partial charge in [-0.05, 0) is 79.6 Å². The van der Waals surface area contributed by atoms with Crippen molar-refractivity contribution in [3.8, 4) is 11.1 Å². The molecule has 280 valence electrons. The van der Waals surface area contributed by atoms with Crippen molar-refractivity contribution in [2.45, 2.75) is 84.7 Å². The SMILES string of the molecule is CCc1nc2c(cnn2CC)c(NC2CCOCC2)c1CNC(=O)c1cccc(C(=O)NCc2cccc(-c3cccc(CN4CC(=N)CC4C)c3)c2)n1. The van der Waals surface area contributed by atoms with Gasteiger partial charge in [0.15, 0.2) is 5.65 Å². The molecule has 0 bridgehead atoms. The lowest BCUT2D eigenvalue weighted by atomic mass is 10.0. The molecule has 5 heterocycles. The molecule has 0 aliphatic carbocycles. The van der Waals surface area contributed by atoms with Gasteiger partial charge in [0.2, 0.25) is 0 Å². The highest BCUT2D eigenvalue weighted by atomic mass is 16.5. The molecule has 2 fully saturated rings. The molecular weight excluding hydrogens is 679 g/mol. The molecule has 2 saturated heterocycles. The third-order valence-electron chi connectivity index (χ3n) is 10.4. The van der Waals surface area contributed by atoms with Gasteiger partial charge in [0.25, 0.3) is 11.8 Å². The second-order valence-electron chi connectivity index (χ2n) is 14.2. The van der Waals surface area contributed by atoms with Crippen LogP contribution in [0.25, 0.3) is 22.2 Å². The number of nitrogens with one attached hydrogen (secondary N) is 4. The highest BCUT2D eigenvalue weighted by molar-refractivity contribution is 5.97. The lowest BCUT2D eigenvalue weighted by molar-refractivity contribution is 0.0904. The van der Waals surface area contributed by atoms with Crippen molar-refractivity contribution in [1.29, 1.82) is 5.41 Å². The monoisotopic (exact) mass is 727 g/mol. The maximum atomic E-state index is 13.5. The van der Waals surface area contributed by atoms with Gasteiger partial charge >= 0.3 is 0 Å². The van der Waals surface area contributed by atoms with Crippen LogP contribution in [-0.2, 0) is 37.3 Å². The van der Waals surface area contributed by atoms with Gasteiger partial charge in [-0.3, -0.25) is 14.5 Å². The van der Waals surface area contributed by atoms with Crippen LogP contribution in [0.5, 0.6) is 0 Å². The predicted molar refractivity (Wildman–Crippen MR) is 211 cm³/mol. The molecule has 1 atom stereocenters. The Kier molecular flexibility index (Phi) is 11.4. The van der Waals surface area contributed by atoms with Crippen molar-refractivity contribution in [1.82, 2.24) is 35.3 Å². The predicted octanol–water partition coefficient (Wildman–Crippen LogP) is 6.14. The minimum Gasteiger partial charge on any atom is -0.381 e. The minimum absolute atomic E-state index is 0.162. The molecule has 2 aliphatic heterocycles. The summed E-state index contributed by atoms with van der Waals surface area (Å²) in [6.45, 7) is 10.5. The zero-order chi connectivity index (χ0) is 37.6. The van der Waals surface area contributed by atoms with Gasteiger partial charge < -0.3 is 26.1 Å². The number of hydrogen-bond acceptors (Lipinski definition) is 9. The first-order chi connectivity index (χ1) is 26.3. The zero-order valence-electron chi connectivity index (χ0n) is 31.3. The molecule has 7 rings (SSSR count). The lowest BCUT2D eigenvalue weighted by Gasteiger charge is -2.26. The average molecular weight is 728 g/mol. The van der Waals surface area contributed by atoms with Gasteiger partial charge in [0.05, 0.1) is 17.3 Å². The second-order valence-corrected chi connectivity index (χ2v) is 14.2. The second kappa shape index (κ2) is 16.7. The number of fused-ring (bicyclic) bond motifs is 1. The van der Waals surface area contributed by atoms with Crippen molar-refractivity contribution in [3.63, 3.8) is 0 Å². The molecule has 0 spiro atoms. The van der Waals surface area contributed by atoms with Gasteiger partial charge in [-0.2, -0.15) is 5.10 Å². The lowest BCUT2D eigenvalue weighted by Crippen LogP contribution is -2.30. The molecule has 2 amide bonds. The third kappa shape index (κ3) is 8.35. The Morgan fingerprint density at radius 2 is 1.56 bits per heavy atom. The maximum Gasteiger partial charge on any atom is 0.270 e. The Hall–Kier alpha value is -5.46. The molecule has 0 saturated carbocycles. The van der Waals surface area contributed by atoms with Crippen LogP contribution in [-0.4, -0.2) is 74.0 Å². The topological polar surface area (TPSA) is 150 Å². The molecule has 5 aromatic rings. The van der Waals surface area contributed by atoms with Gasteiger partial charge in [0, 0.05) is 81.4 Å². The molecule has 54 heavy (non-hydrogen) atoms. The number of pyridine rings is 2. The molecule has 4 N–H and O–H groups in total. The number of likely N-dealkylation sites (tertiary alicyclic amines) is 1. The van der Waals surface area contributed by atoms with E-state index in [1.807, 2.05) is 29.9 Å². The fourth-order valence-electron chi connectivity index (χ4n) is 7.43. The van der Waals surface area contributed by atoms with Crippen LogP contribution < -0.4 is 16.0 Å². The Morgan fingerprint density at radius 1 is 0.889 bits per heavy atom. The molecule has 12 nitrogen and oxygen atoms in total. The van der Waals surface area contributed by atoms with Crippen molar-refractivity contribution in [3.05, 3.63) is 107 Å². The number of ether oxygens (including phenoxy) is 1.